The molecule has 0 radical (unpaired) electrons. The molecule has 2 aromatic carbocycles. The fourth-order valence-electron chi connectivity index (χ4n) is 5.15. The molecule has 3 aliphatic heterocycles. The van der Waals surface area contributed by atoms with Gasteiger partial charge in [0.15, 0.2) is 9.84 Å². The average Bonchev–Trinajstić information content (AvgIpc) is 3.37. The Kier molecular flexibility index (Phi) is 6.39. The van der Waals surface area contributed by atoms with Crippen LogP contribution in [0.3, 0.4) is 0 Å². The van der Waals surface area contributed by atoms with Gasteiger partial charge < -0.3 is 9.64 Å². The number of aliphatic imine (C=N–C) groups is 1. The highest BCUT2D eigenvalue weighted by atomic mass is 35.5. The van der Waals surface area contributed by atoms with Crippen LogP contribution in [0.5, 0.6) is 0 Å². The molecule has 1 spiro atoms. The molecular formula is C24H20Cl3F3N2O4S. The van der Waals surface area contributed by atoms with Gasteiger partial charge in [0, 0.05) is 18.4 Å². The summed E-state index contributed by atoms with van der Waals surface area (Å²) in [6.45, 7) is 0.125. The topological polar surface area (TPSA) is 76.0 Å². The van der Waals surface area contributed by atoms with Crippen molar-refractivity contribution in [1.29, 1.82) is 0 Å². The highest BCUT2D eigenvalue weighted by Crippen LogP contribution is 2.50. The molecule has 3 aliphatic rings. The lowest BCUT2D eigenvalue weighted by molar-refractivity contribution is -0.183. The van der Waals surface area contributed by atoms with Gasteiger partial charge in [0.1, 0.15) is 16.8 Å². The van der Waals surface area contributed by atoms with Gasteiger partial charge in [-0.15, -0.1) is 0 Å². The molecule has 13 heteroatoms. The number of halogens is 6. The van der Waals surface area contributed by atoms with Gasteiger partial charge in [0.25, 0.3) is 0 Å². The van der Waals surface area contributed by atoms with Gasteiger partial charge in [-0.05, 0) is 40.5 Å². The minimum atomic E-state index is -4.63. The number of fused-ring (bicyclic) bond motifs is 2. The maximum absolute atomic E-state index is 14.5. The van der Waals surface area contributed by atoms with Crippen LogP contribution in [0.15, 0.2) is 35.3 Å². The molecule has 0 bridgehead atoms. The molecule has 198 valence electrons. The Labute approximate surface area is 226 Å². The van der Waals surface area contributed by atoms with E-state index in [1.165, 1.54) is 17.0 Å². The third-order valence-corrected chi connectivity index (χ3v) is 9.12. The molecule has 1 fully saturated rings. The summed E-state index contributed by atoms with van der Waals surface area (Å²) in [5.41, 5.74) is -0.692. The SMILES string of the molecule is CS(=O)(=O)CC(=O)N1CC2(C1)OCc1cc(C3=NCC(c4cc(Cl)c(Cl)c(Cl)c4)(C(F)(F)F)C3)ccc12. The lowest BCUT2D eigenvalue weighted by Gasteiger charge is -2.47. The number of amides is 1. The minimum Gasteiger partial charge on any atom is -0.362 e. The van der Waals surface area contributed by atoms with E-state index in [1.54, 1.807) is 18.2 Å². The predicted octanol–water partition coefficient (Wildman–Crippen LogP) is 4.95. The van der Waals surface area contributed by atoms with Crippen LogP contribution >= 0.6 is 34.8 Å². The van der Waals surface area contributed by atoms with Crippen molar-refractivity contribution in [1.82, 2.24) is 4.90 Å². The Morgan fingerprint density at radius 3 is 2.38 bits per heavy atom. The zero-order valence-corrected chi connectivity index (χ0v) is 22.4. The summed E-state index contributed by atoms with van der Waals surface area (Å²) in [7, 11) is -3.45. The van der Waals surface area contributed by atoms with E-state index in [-0.39, 0.29) is 40.3 Å². The van der Waals surface area contributed by atoms with Crippen molar-refractivity contribution in [2.75, 3.05) is 31.6 Å². The Balaban J connectivity index is 1.38. The zero-order valence-electron chi connectivity index (χ0n) is 19.3. The molecule has 1 unspecified atom stereocenters. The lowest BCUT2D eigenvalue weighted by atomic mass is 9.76. The Bertz CT molecular complexity index is 1430. The van der Waals surface area contributed by atoms with E-state index in [0.29, 0.717) is 11.3 Å². The van der Waals surface area contributed by atoms with E-state index in [0.717, 1.165) is 17.4 Å². The number of hydrogen-bond acceptors (Lipinski definition) is 5. The molecule has 1 atom stereocenters. The quantitative estimate of drug-likeness (QED) is 0.469. The van der Waals surface area contributed by atoms with E-state index < -0.39 is 51.7 Å². The number of hydrogen-bond donors (Lipinski definition) is 0. The van der Waals surface area contributed by atoms with Crippen LogP contribution in [0.1, 0.15) is 28.7 Å². The second kappa shape index (κ2) is 8.84. The van der Waals surface area contributed by atoms with E-state index in [1.807, 2.05) is 0 Å². The van der Waals surface area contributed by atoms with Crippen LogP contribution in [-0.4, -0.2) is 62.8 Å². The monoisotopic (exact) mass is 594 g/mol. The summed E-state index contributed by atoms with van der Waals surface area (Å²) in [5.74, 6) is -1.06. The van der Waals surface area contributed by atoms with Crippen LogP contribution in [0.2, 0.25) is 15.1 Å². The van der Waals surface area contributed by atoms with E-state index in [2.05, 4.69) is 4.99 Å². The second-order valence-electron chi connectivity index (χ2n) is 9.75. The Hall–Kier alpha value is -1.85. The van der Waals surface area contributed by atoms with Crippen LogP contribution in [0, 0.1) is 0 Å². The van der Waals surface area contributed by atoms with Crippen molar-refractivity contribution in [2.24, 2.45) is 4.99 Å². The molecule has 0 aliphatic carbocycles. The average molecular weight is 596 g/mol. The molecule has 0 N–H and O–H groups in total. The highest BCUT2D eigenvalue weighted by molar-refractivity contribution is 7.91. The number of nitrogens with zero attached hydrogens (tertiary/aromatic N) is 2. The fraction of sp³-hybridized carbons (Fsp3) is 0.417. The van der Waals surface area contributed by atoms with Crippen molar-refractivity contribution in [3.05, 3.63) is 67.7 Å². The van der Waals surface area contributed by atoms with Gasteiger partial charge in [0.05, 0.1) is 41.3 Å². The molecule has 5 rings (SSSR count). The van der Waals surface area contributed by atoms with Crippen LogP contribution in [0.25, 0.3) is 0 Å². The summed E-state index contributed by atoms with van der Waals surface area (Å²) in [6, 6.07) is 7.62. The van der Waals surface area contributed by atoms with Gasteiger partial charge >= 0.3 is 6.18 Å². The van der Waals surface area contributed by atoms with Gasteiger partial charge in [-0.1, -0.05) is 46.9 Å². The summed E-state index contributed by atoms with van der Waals surface area (Å²) in [4.78, 5) is 17.9. The first kappa shape index (κ1) is 26.7. The molecule has 0 aromatic heterocycles. The standard InChI is InChI=1S/C24H20Cl3F3N2O4S/c1-37(34,35)9-20(33)32-11-23(12-32)16-3-2-13(4-14(16)8-36-23)19-7-22(10-31-19,24(28,29)30)15-5-17(25)21(27)18(26)6-15/h2-6H,7-12H2,1H3. The van der Waals surface area contributed by atoms with Crippen molar-refractivity contribution >= 4 is 56.3 Å². The van der Waals surface area contributed by atoms with E-state index >= 15 is 0 Å². The molecule has 0 saturated carbocycles. The number of benzene rings is 2. The summed E-state index contributed by atoms with van der Waals surface area (Å²) < 4.78 is 72.2. The van der Waals surface area contributed by atoms with Crippen LogP contribution in [0.4, 0.5) is 13.2 Å². The van der Waals surface area contributed by atoms with Gasteiger partial charge in [0.2, 0.25) is 5.91 Å². The van der Waals surface area contributed by atoms with Crippen molar-refractivity contribution in [3.63, 3.8) is 0 Å². The van der Waals surface area contributed by atoms with E-state index in [4.69, 9.17) is 39.5 Å². The first-order valence-electron chi connectivity index (χ1n) is 11.1. The first-order chi connectivity index (χ1) is 17.1. The summed E-state index contributed by atoms with van der Waals surface area (Å²) >= 11 is 18.0. The third kappa shape index (κ3) is 4.54. The number of carbonyl (C=O) groups is 1. The highest BCUT2D eigenvalue weighted by Gasteiger charge is 2.59. The molecule has 2 aromatic rings. The maximum Gasteiger partial charge on any atom is 0.400 e. The lowest BCUT2D eigenvalue weighted by Crippen LogP contribution is -2.62. The summed E-state index contributed by atoms with van der Waals surface area (Å²) in [5, 5.41) is -0.139. The largest absolute Gasteiger partial charge is 0.400 e. The van der Waals surface area contributed by atoms with Crippen LogP contribution < -0.4 is 0 Å². The molecule has 1 saturated heterocycles. The third-order valence-electron chi connectivity index (χ3n) is 7.15. The van der Waals surface area contributed by atoms with Crippen molar-refractivity contribution in [3.8, 4) is 0 Å². The summed E-state index contributed by atoms with van der Waals surface area (Å²) in [6.07, 6.45) is -4.03. The number of sulfone groups is 1. The van der Waals surface area contributed by atoms with Crippen molar-refractivity contribution in [2.45, 2.75) is 30.2 Å². The molecule has 3 heterocycles. The number of rotatable bonds is 4. The Morgan fingerprint density at radius 1 is 1.14 bits per heavy atom. The van der Waals surface area contributed by atoms with Gasteiger partial charge in [-0.3, -0.25) is 9.79 Å². The fourth-order valence-corrected chi connectivity index (χ4v) is 6.38. The number of likely N-dealkylation sites (tertiary alicyclic amines) is 1. The van der Waals surface area contributed by atoms with Gasteiger partial charge in [-0.2, -0.15) is 13.2 Å². The minimum absolute atomic E-state index is 0.0105. The van der Waals surface area contributed by atoms with Crippen LogP contribution in [-0.2, 0) is 37.0 Å². The van der Waals surface area contributed by atoms with Crippen molar-refractivity contribution < 1.29 is 31.1 Å². The molecule has 1 amide bonds. The molecule has 6 nitrogen and oxygen atoms in total. The number of alkyl halides is 3. The normalized spacial score (nSPS) is 22.7. The zero-order chi connectivity index (χ0) is 27.0. The first-order valence-corrected chi connectivity index (χ1v) is 14.3. The van der Waals surface area contributed by atoms with E-state index in [9.17, 15) is 26.4 Å². The smallest absolute Gasteiger partial charge is 0.362 e. The Morgan fingerprint density at radius 2 is 1.78 bits per heavy atom. The number of ether oxygens (including phenoxy) is 1. The number of carbonyl (C=O) groups excluding carboxylic acids is 1. The van der Waals surface area contributed by atoms with Gasteiger partial charge in [-0.25, -0.2) is 8.42 Å². The predicted molar refractivity (Wildman–Crippen MR) is 134 cm³/mol. The second-order valence-corrected chi connectivity index (χ2v) is 13.1. The maximum atomic E-state index is 14.5. The molecule has 37 heavy (non-hydrogen) atoms. The molecular weight excluding hydrogens is 576 g/mol.